The lowest BCUT2D eigenvalue weighted by atomic mass is 9.93. The molecule has 3 rings (SSSR count). The number of nitrogen functional groups attached to an aromatic ring is 1. The van der Waals surface area contributed by atoms with Gasteiger partial charge in [-0.15, -0.1) is 0 Å². The number of rotatable bonds is 3. The molecular formula is C18H19ClN2O. The molecular weight excluding hydrogens is 296 g/mol. The number of nitrogens with one attached hydrogen (secondary N) is 1. The monoisotopic (exact) mass is 314 g/mol. The Morgan fingerprint density at radius 3 is 2.91 bits per heavy atom. The summed E-state index contributed by atoms with van der Waals surface area (Å²) < 4.78 is 5.31. The minimum absolute atomic E-state index is 0.150. The molecule has 0 saturated heterocycles. The molecule has 0 bridgehead atoms. The molecule has 1 heterocycles. The summed E-state index contributed by atoms with van der Waals surface area (Å²) in [6, 6.07) is 13.9. The Hall–Kier alpha value is -1.97. The predicted molar refractivity (Wildman–Crippen MR) is 92.2 cm³/mol. The van der Waals surface area contributed by atoms with Gasteiger partial charge in [-0.25, -0.2) is 0 Å². The van der Waals surface area contributed by atoms with Crippen molar-refractivity contribution >= 4 is 22.9 Å². The zero-order valence-electron chi connectivity index (χ0n) is 12.5. The lowest BCUT2D eigenvalue weighted by Gasteiger charge is -2.24. The molecule has 4 heteroatoms. The summed E-state index contributed by atoms with van der Waals surface area (Å²) in [6.45, 7) is 0.902. The molecule has 1 atom stereocenters. The quantitative estimate of drug-likeness (QED) is 0.840. The number of methoxy groups -OCH3 is 1. The van der Waals surface area contributed by atoms with E-state index in [1.807, 2.05) is 30.3 Å². The second-order valence-corrected chi connectivity index (χ2v) is 5.82. The van der Waals surface area contributed by atoms with E-state index in [0.29, 0.717) is 5.02 Å². The normalized spacial score (nSPS) is 17.9. The first-order valence-electron chi connectivity index (χ1n) is 7.31. The maximum atomic E-state index is 6.11. The van der Waals surface area contributed by atoms with Crippen LogP contribution in [0.1, 0.15) is 23.6 Å². The van der Waals surface area contributed by atoms with E-state index >= 15 is 0 Å². The van der Waals surface area contributed by atoms with E-state index in [1.165, 1.54) is 11.1 Å². The molecule has 0 saturated carbocycles. The van der Waals surface area contributed by atoms with Gasteiger partial charge in [-0.1, -0.05) is 29.8 Å². The lowest BCUT2D eigenvalue weighted by Crippen LogP contribution is -2.25. The van der Waals surface area contributed by atoms with Crippen molar-refractivity contribution in [2.75, 3.05) is 19.4 Å². The van der Waals surface area contributed by atoms with Crippen molar-refractivity contribution in [1.29, 1.82) is 0 Å². The highest BCUT2D eigenvalue weighted by molar-refractivity contribution is 6.30. The van der Waals surface area contributed by atoms with Crippen LogP contribution in [0.2, 0.25) is 5.02 Å². The highest BCUT2D eigenvalue weighted by Crippen LogP contribution is 2.32. The van der Waals surface area contributed by atoms with Crippen LogP contribution in [0, 0.1) is 0 Å². The van der Waals surface area contributed by atoms with Crippen LogP contribution >= 0.6 is 11.6 Å². The summed E-state index contributed by atoms with van der Waals surface area (Å²) >= 11 is 6.11. The van der Waals surface area contributed by atoms with E-state index in [1.54, 1.807) is 7.11 Å². The Morgan fingerprint density at radius 2 is 2.09 bits per heavy atom. The summed E-state index contributed by atoms with van der Waals surface area (Å²) in [5.74, 6) is 0.863. The van der Waals surface area contributed by atoms with Gasteiger partial charge < -0.3 is 15.8 Å². The van der Waals surface area contributed by atoms with Crippen LogP contribution in [0.15, 0.2) is 48.5 Å². The minimum Gasteiger partial charge on any atom is -0.497 e. The molecule has 2 aromatic rings. The maximum Gasteiger partial charge on any atom is 0.119 e. The van der Waals surface area contributed by atoms with Gasteiger partial charge in [-0.2, -0.15) is 0 Å². The highest BCUT2D eigenvalue weighted by Gasteiger charge is 2.17. The molecule has 114 valence electrons. The average Bonchev–Trinajstić information content (AvgIpc) is 2.57. The molecule has 0 spiro atoms. The van der Waals surface area contributed by atoms with Gasteiger partial charge in [-0.3, -0.25) is 0 Å². The summed E-state index contributed by atoms with van der Waals surface area (Å²) in [5.41, 5.74) is 10.3. The second kappa shape index (κ2) is 6.42. The molecule has 22 heavy (non-hydrogen) atoms. The second-order valence-electron chi connectivity index (χ2n) is 5.38. The Morgan fingerprint density at radius 1 is 1.23 bits per heavy atom. The fraction of sp³-hybridized carbons (Fsp3) is 0.222. The van der Waals surface area contributed by atoms with Crippen LogP contribution in [0.3, 0.4) is 0 Å². The Kier molecular flexibility index (Phi) is 4.36. The van der Waals surface area contributed by atoms with E-state index in [2.05, 4.69) is 23.5 Å². The summed E-state index contributed by atoms with van der Waals surface area (Å²) in [7, 11) is 1.68. The molecule has 0 aromatic heterocycles. The fourth-order valence-corrected chi connectivity index (χ4v) is 2.96. The molecule has 0 radical (unpaired) electrons. The molecule has 3 N–H and O–H groups in total. The van der Waals surface area contributed by atoms with E-state index in [-0.39, 0.29) is 6.04 Å². The standard InChI is InChI=1S/C18H19ClN2O/c1-22-15-4-2-3-13(9-15)18-10-12(7-8-21-18)16-11-14(19)5-6-17(16)20/h2-6,9-11,18,21H,7-8,20H2,1H3. The van der Waals surface area contributed by atoms with Gasteiger partial charge in [0.25, 0.3) is 0 Å². The van der Waals surface area contributed by atoms with Gasteiger partial charge in [0.1, 0.15) is 5.75 Å². The average molecular weight is 315 g/mol. The number of hydrogen-bond donors (Lipinski definition) is 2. The first kappa shape index (κ1) is 14.9. The molecule has 0 aliphatic carbocycles. The molecule has 0 amide bonds. The van der Waals surface area contributed by atoms with Crippen molar-refractivity contribution in [3.8, 4) is 5.75 Å². The van der Waals surface area contributed by atoms with Crippen LogP contribution in [-0.4, -0.2) is 13.7 Å². The number of benzene rings is 2. The van der Waals surface area contributed by atoms with Gasteiger partial charge in [0.15, 0.2) is 0 Å². The third-order valence-corrected chi connectivity index (χ3v) is 4.18. The zero-order valence-corrected chi connectivity index (χ0v) is 13.2. The maximum absolute atomic E-state index is 6.11. The third-order valence-electron chi connectivity index (χ3n) is 3.94. The van der Waals surface area contributed by atoms with Gasteiger partial charge in [0.2, 0.25) is 0 Å². The van der Waals surface area contributed by atoms with Crippen molar-refractivity contribution in [2.45, 2.75) is 12.5 Å². The predicted octanol–water partition coefficient (Wildman–Crippen LogP) is 4.05. The zero-order chi connectivity index (χ0) is 15.5. The Balaban J connectivity index is 1.96. The SMILES string of the molecule is COc1cccc(C2C=C(c3cc(Cl)ccc3N)CCN2)c1. The number of anilines is 1. The molecule has 3 nitrogen and oxygen atoms in total. The summed E-state index contributed by atoms with van der Waals surface area (Å²) in [4.78, 5) is 0. The van der Waals surface area contributed by atoms with Crippen molar-refractivity contribution in [3.05, 3.63) is 64.7 Å². The largest absolute Gasteiger partial charge is 0.497 e. The van der Waals surface area contributed by atoms with Gasteiger partial charge in [-0.05, 0) is 47.9 Å². The van der Waals surface area contributed by atoms with E-state index in [9.17, 15) is 0 Å². The molecule has 2 aromatic carbocycles. The number of nitrogens with two attached hydrogens (primary N) is 1. The van der Waals surface area contributed by atoms with Gasteiger partial charge in [0, 0.05) is 22.8 Å². The highest BCUT2D eigenvalue weighted by atomic mass is 35.5. The lowest BCUT2D eigenvalue weighted by molar-refractivity contribution is 0.413. The van der Waals surface area contributed by atoms with Gasteiger partial charge >= 0.3 is 0 Å². The van der Waals surface area contributed by atoms with Crippen molar-refractivity contribution in [1.82, 2.24) is 5.32 Å². The number of hydrogen-bond acceptors (Lipinski definition) is 3. The Bertz CT molecular complexity index is 712. The van der Waals surface area contributed by atoms with Crippen LogP contribution < -0.4 is 15.8 Å². The van der Waals surface area contributed by atoms with Crippen molar-refractivity contribution < 1.29 is 4.74 Å². The van der Waals surface area contributed by atoms with Crippen LogP contribution in [0.25, 0.3) is 5.57 Å². The van der Waals surface area contributed by atoms with Crippen molar-refractivity contribution in [2.24, 2.45) is 0 Å². The summed E-state index contributed by atoms with van der Waals surface area (Å²) in [5, 5.41) is 4.22. The summed E-state index contributed by atoms with van der Waals surface area (Å²) in [6.07, 6.45) is 3.16. The van der Waals surface area contributed by atoms with E-state index in [0.717, 1.165) is 30.0 Å². The minimum atomic E-state index is 0.150. The first-order valence-corrected chi connectivity index (χ1v) is 7.68. The van der Waals surface area contributed by atoms with Crippen LogP contribution in [0.5, 0.6) is 5.75 Å². The Labute approximate surface area is 135 Å². The van der Waals surface area contributed by atoms with Crippen LogP contribution in [-0.2, 0) is 0 Å². The molecule has 0 fully saturated rings. The fourth-order valence-electron chi connectivity index (χ4n) is 2.79. The first-order chi connectivity index (χ1) is 10.7. The van der Waals surface area contributed by atoms with E-state index < -0.39 is 0 Å². The molecule has 1 aliphatic rings. The van der Waals surface area contributed by atoms with Crippen LogP contribution in [0.4, 0.5) is 5.69 Å². The molecule has 1 aliphatic heterocycles. The number of halogens is 1. The molecule has 1 unspecified atom stereocenters. The third kappa shape index (κ3) is 3.11. The smallest absolute Gasteiger partial charge is 0.119 e. The van der Waals surface area contributed by atoms with Crippen molar-refractivity contribution in [3.63, 3.8) is 0 Å². The topological polar surface area (TPSA) is 47.3 Å². The number of ether oxygens (including phenoxy) is 1. The van der Waals surface area contributed by atoms with Gasteiger partial charge in [0.05, 0.1) is 13.2 Å². The van der Waals surface area contributed by atoms with E-state index in [4.69, 9.17) is 22.1 Å².